The van der Waals surface area contributed by atoms with E-state index in [1.807, 2.05) is 31.2 Å². The Hall–Kier alpha value is -3.02. The molecule has 6 heteroatoms. The fourth-order valence-electron chi connectivity index (χ4n) is 2.22. The lowest BCUT2D eigenvalue weighted by atomic mass is 10.2. The summed E-state index contributed by atoms with van der Waals surface area (Å²) in [7, 11) is 2.76. The second kappa shape index (κ2) is 8.19. The normalized spacial score (nSPS) is 11.4. The number of carbonyl (C=O) groups excluding carboxylic acids is 2. The summed E-state index contributed by atoms with van der Waals surface area (Å²) in [6, 6.07) is 12.1. The van der Waals surface area contributed by atoms with Crippen LogP contribution < -0.4 is 14.8 Å². The highest BCUT2D eigenvalue weighted by Crippen LogP contribution is 2.29. The van der Waals surface area contributed by atoms with Crippen LogP contribution in [0.1, 0.15) is 22.8 Å². The molecule has 6 nitrogen and oxygen atoms in total. The number of benzene rings is 2. The Kier molecular flexibility index (Phi) is 6.00. The van der Waals surface area contributed by atoms with Gasteiger partial charge in [0.25, 0.3) is 5.91 Å². The van der Waals surface area contributed by atoms with Gasteiger partial charge < -0.3 is 19.5 Å². The lowest BCUT2D eigenvalue weighted by Gasteiger charge is -2.17. The van der Waals surface area contributed by atoms with Crippen molar-refractivity contribution >= 4 is 17.6 Å². The molecule has 0 aliphatic carbocycles. The Balaban J connectivity index is 2.09. The summed E-state index contributed by atoms with van der Waals surface area (Å²) in [5.41, 5.74) is 2.09. The summed E-state index contributed by atoms with van der Waals surface area (Å²) >= 11 is 0. The highest BCUT2D eigenvalue weighted by molar-refractivity contribution is 5.94. The number of methoxy groups -OCH3 is 2. The number of nitrogens with one attached hydrogen (secondary N) is 1. The SMILES string of the molecule is COC(=O)c1ccc(OC(C)C(=O)Nc2cccc(C)c2)c(OC)c1. The van der Waals surface area contributed by atoms with Crippen LogP contribution in [-0.4, -0.2) is 32.2 Å². The zero-order chi connectivity index (χ0) is 18.4. The molecular formula is C19H21NO5. The van der Waals surface area contributed by atoms with Crippen LogP contribution in [0.25, 0.3) is 0 Å². The van der Waals surface area contributed by atoms with Gasteiger partial charge in [0.15, 0.2) is 17.6 Å². The molecule has 25 heavy (non-hydrogen) atoms. The smallest absolute Gasteiger partial charge is 0.337 e. The molecule has 0 saturated heterocycles. The van der Waals surface area contributed by atoms with Gasteiger partial charge in [0.1, 0.15) is 0 Å². The maximum absolute atomic E-state index is 12.3. The van der Waals surface area contributed by atoms with Crippen LogP contribution >= 0.6 is 0 Å². The fourth-order valence-corrected chi connectivity index (χ4v) is 2.22. The molecule has 0 fully saturated rings. The minimum absolute atomic E-state index is 0.287. The standard InChI is InChI=1S/C19H21NO5/c1-12-6-5-7-15(10-12)20-18(21)13(2)25-16-9-8-14(19(22)24-4)11-17(16)23-3/h5-11,13H,1-4H3,(H,20,21). The number of ether oxygens (including phenoxy) is 3. The average Bonchev–Trinajstić information content (AvgIpc) is 2.61. The predicted octanol–water partition coefficient (Wildman–Crippen LogP) is 3.20. The molecule has 0 heterocycles. The summed E-state index contributed by atoms with van der Waals surface area (Å²) in [6.45, 7) is 3.59. The van der Waals surface area contributed by atoms with Crippen molar-refractivity contribution in [3.63, 3.8) is 0 Å². The molecule has 2 aromatic carbocycles. The minimum Gasteiger partial charge on any atom is -0.493 e. The van der Waals surface area contributed by atoms with Crippen molar-refractivity contribution in [2.75, 3.05) is 19.5 Å². The molecule has 0 spiro atoms. The van der Waals surface area contributed by atoms with E-state index < -0.39 is 12.1 Å². The van der Waals surface area contributed by atoms with Gasteiger partial charge in [-0.3, -0.25) is 4.79 Å². The van der Waals surface area contributed by atoms with Gasteiger partial charge in [0.05, 0.1) is 19.8 Å². The third kappa shape index (κ3) is 4.73. The van der Waals surface area contributed by atoms with Crippen molar-refractivity contribution in [2.24, 2.45) is 0 Å². The second-order valence-electron chi connectivity index (χ2n) is 5.48. The molecule has 1 unspecified atom stereocenters. The maximum Gasteiger partial charge on any atom is 0.337 e. The second-order valence-corrected chi connectivity index (χ2v) is 5.48. The number of carbonyl (C=O) groups is 2. The number of hydrogen-bond acceptors (Lipinski definition) is 5. The van der Waals surface area contributed by atoms with Gasteiger partial charge in [-0.2, -0.15) is 0 Å². The first-order chi connectivity index (χ1) is 11.9. The van der Waals surface area contributed by atoms with Gasteiger partial charge in [0.2, 0.25) is 0 Å². The number of anilines is 1. The first-order valence-corrected chi connectivity index (χ1v) is 7.75. The zero-order valence-corrected chi connectivity index (χ0v) is 14.7. The van der Waals surface area contributed by atoms with Crippen LogP contribution in [0.4, 0.5) is 5.69 Å². The highest BCUT2D eigenvalue weighted by Gasteiger charge is 2.18. The molecule has 2 rings (SSSR count). The van der Waals surface area contributed by atoms with E-state index in [1.165, 1.54) is 20.3 Å². The molecule has 1 atom stereocenters. The number of aryl methyl sites for hydroxylation is 1. The van der Waals surface area contributed by atoms with E-state index in [0.29, 0.717) is 22.7 Å². The Morgan fingerprint density at radius 1 is 1.04 bits per heavy atom. The van der Waals surface area contributed by atoms with Crippen molar-refractivity contribution < 1.29 is 23.8 Å². The number of amides is 1. The van der Waals surface area contributed by atoms with Gasteiger partial charge in [-0.25, -0.2) is 4.79 Å². The Labute approximate surface area is 146 Å². The fraction of sp³-hybridized carbons (Fsp3) is 0.263. The van der Waals surface area contributed by atoms with Crippen LogP contribution in [0.15, 0.2) is 42.5 Å². The molecule has 0 bridgehead atoms. The van der Waals surface area contributed by atoms with Crippen LogP contribution in [0.5, 0.6) is 11.5 Å². The number of hydrogen-bond donors (Lipinski definition) is 1. The summed E-state index contributed by atoms with van der Waals surface area (Å²) in [5, 5.41) is 2.80. The van der Waals surface area contributed by atoms with Crippen LogP contribution in [0, 0.1) is 6.92 Å². The van der Waals surface area contributed by atoms with Crippen molar-refractivity contribution in [1.82, 2.24) is 0 Å². The van der Waals surface area contributed by atoms with Gasteiger partial charge in [-0.15, -0.1) is 0 Å². The van der Waals surface area contributed by atoms with E-state index in [2.05, 4.69) is 10.1 Å². The monoisotopic (exact) mass is 343 g/mol. The van der Waals surface area contributed by atoms with E-state index in [-0.39, 0.29) is 5.91 Å². The highest BCUT2D eigenvalue weighted by atomic mass is 16.5. The van der Waals surface area contributed by atoms with Crippen LogP contribution in [0.2, 0.25) is 0 Å². The lowest BCUT2D eigenvalue weighted by molar-refractivity contribution is -0.122. The summed E-state index contributed by atoms with van der Waals surface area (Å²) in [6.07, 6.45) is -0.751. The average molecular weight is 343 g/mol. The molecule has 132 valence electrons. The minimum atomic E-state index is -0.751. The maximum atomic E-state index is 12.3. The van der Waals surface area contributed by atoms with E-state index in [1.54, 1.807) is 19.1 Å². The Morgan fingerprint density at radius 2 is 1.80 bits per heavy atom. The third-order valence-corrected chi connectivity index (χ3v) is 3.54. The van der Waals surface area contributed by atoms with Crippen LogP contribution in [0.3, 0.4) is 0 Å². The van der Waals surface area contributed by atoms with Gasteiger partial charge >= 0.3 is 5.97 Å². The Bertz CT molecular complexity index is 772. The topological polar surface area (TPSA) is 73.9 Å². The lowest BCUT2D eigenvalue weighted by Crippen LogP contribution is -2.30. The molecule has 1 amide bonds. The van der Waals surface area contributed by atoms with Crippen LogP contribution in [-0.2, 0) is 9.53 Å². The molecule has 1 N–H and O–H groups in total. The molecule has 0 aromatic heterocycles. The van der Waals surface area contributed by atoms with Gasteiger partial charge in [-0.1, -0.05) is 12.1 Å². The summed E-state index contributed by atoms with van der Waals surface area (Å²) in [4.78, 5) is 23.9. The van der Waals surface area contributed by atoms with E-state index in [4.69, 9.17) is 9.47 Å². The van der Waals surface area contributed by atoms with Gasteiger partial charge in [0, 0.05) is 5.69 Å². The van der Waals surface area contributed by atoms with E-state index in [0.717, 1.165) is 5.56 Å². The predicted molar refractivity (Wildman–Crippen MR) is 94.2 cm³/mol. The van der Waals surface area contributed by atoms with E-state index in [9.17, 15) is 9.59 Å². The molecule has 0 aliphatic heterocycles. The molecule has 0 radical (unpaired) electrons. The number of rotatable bonds is 6. The zero-order valence-electron chi connectivity index (χ0n) is 14.7. The van der Waals surface area contributed by atoms with E-state index >= 15 is 0 Å². The molecule has 2 aromatic rings. The largest absolute Gasteiger partial charge is 0.493 e. The molecular weight excluding hydrogens is 322 g/mol. The molecule has 0 aliphatic rings. The first-order valence-electron chi connectivity index (χ1n) is 7.75. The summed E-state index contributed by atoms with van der Waals surface area (Å²) < 4.78 is 15.6. The van der Waals surface area contributed by atoms with Crippen molar-refractivity contribution in [3.8, 4) is 11.5 Å². The number of esters is 1. The third-order valence-electron chi connectivity index (χ3n) is 3.54. The van der Waals surface area contributed by atoms with Crippen molar-refractivity contribution in [3.05, 3.63) is 53.6 Å². The molecule has 0 saturated carbocycles. The first kappa shape index (κ1) is 18.3. The quantitative estimate of drug-likeness (QED) is 0.816. The Morgan fingerprint density at radius 3 is 2.44 bits per heavy atom. The van der Waals surface area contributed by atoms with Crippen molar-refractivity contribution in [2.45, 2.75) is 20.0 Å². The van der Waals surface area contributed by atoms with Gasteiger partial charge in [-0.05, 0) is 49.7 Å². The van der Waals surface area contributed by atoms with Crippen molar-refractivity contribution in [1.29, 1.82) is 0 Å². The summed E-state index contributed by atoms with van der Waals surface area (Å²) in [5.74, 6) is -0.0556.